The quantitative estimate of drug-likeness (QED) is 0.512. The van der Waals surface area contributed by atoms with Crippen molar-refractivity contribution in [1.82, 2.24) is 5.32 Å². The molecule has 17 heavy (non-hydrogen) atoms. The van der Waals surface area contributed by atoms with Crippen LogP contribution in [0, 0.1) is 5.41 Å². The molecule has 0 heterocycles. The third-order valence-corrected chi connectivity index (χ3v) is 4.26. The van der Waals surface area contributed by atoms with Crippen molar-refractivity contribution in [3.05, 3.63) is 0 Å². The SMILES string of the molecule is CCC(CC)(C(=O)NCCCS(C)=O)C(N)=S. The van der Waals surface area contributed by atoms with Crippen LogP contribution in [0.25, 0.3) is 0 Å². The van der Waals surface area contributed by atoms with Crippen molar-refractivity contribution < 1.29 is 9.00 Å². The Kier molecular flexibility index (Phi) is 7.54. The van der Waals surface area contributed by atoms with E-state index in [4.69, 9.17) is 18.0 Å². The molecule has 0 radical (unpaired) electrons. The van der Waals surface area contributed by atoms with Crippen molar-refractivity contribution in [3.63, 3.8) is 0 Å². The summed E-state index contributed by atoms with van der Waals surface area (Å²) >= 11 is 4.99. The lowest BCUT2D eigenvalue weighted by molar-refractivity contribution is -0.127. The standard InChI is InChI=1S/C11H22N2O2S2/c1-4-11(5-2,9(12)16)10(14)13-7-6-8-17(3)15/h4-8H2,1-3H3,(H2,12,16)(H,13,14). The van der Waals surface area contributed by atoms with E-state index < -0.39 is 16.2 Å². The van der Waals surface area contributed by atoms with Crippen molar-refractivity contribution in [2.45, 2.75) is 33.1 Å². The number of nitrogens with two attached hydrogens (primary N) is 1. The second kappa shape index (κ2) is 7.76. The van der Waals surface area contributed by atoms with E-state index in [-0.39, 0.29) is 10.9 Å². The average Bonchev–Trinajstić information content (AvgIpc) is 2.26. The molecule has 0 saturated heterocycles. The molecule has 0 aliphatic carbocycles. The van der Waals surface area contributed by atoms with E-state index in [0.29, 0.717) is 31.6 Å². The molecule has 100 valence electrons. The summed E-state index contributed by atoms with van der Waals surface area (Å²) in [6, 6.07) is 0. The van der Waals surface area contributed by atoms with Gasteiger partial charge in [-0.3, -0.25) is 9.00 Å². The van der Waals surface area contributed by atoms with Gasteiger partial charge >= 0.3 is 0 Å². The Labute approximate surface area is 111 Å². The summed E-state index contributed by atoms with van der Waals surface area (Å²) in [6.07, 6.45) is 3.56. The van der Waals surface area contributed by atoms with Crippen LogP contribution in [0.1, 0.15) is 33.1 Å². The molecule has 6 heteroatoms. The Morgan fingerprint density at radius 3 is 2.29 bits per heavy atom. The van der Waals surface area contributed by atoms with Gasteiger partial charge in [0, 0.05) is 29.4 Å². The Morgan fingerprint density at radius 2 is 1.94 bits per heavy atom. The minimum Gasteiger partial charge on any atom is -0.392 e. The number of thiocarbonyl (C=S) groups is 1. The van der Waals surface area contributed by atoms with Gasteiger partial charge in [-0.25, -0.2) is 0 Å². The Morgan fingerprint density at radius 1 is 1.41 bits per heavy atom. The third kappa shape index (κ3) is 4.71. The maximum Gasteiger partial charge on any atom is 0.233 e. The summed E-state index contributed by atoms with van der Waals surface area (Å²) in [5.41, 5.74) is 4.93. The summed E-state index contributed by atoms with van der Waals surface area (Å²) in [4.78, 5) is 12.3. The normalized spacial score (nSPS) is 13.1. The highest BCUT2D eigenvalue weighted by atomic mass is 32.2. The van der Waals surface area contributed by atoms with Crippen LogP contribution >= 0.6 is 12.2 Å². The zero-order valence-electron chi connectivity index (χ0n) is 10.7. The molecule has 0 rings (SSSR count). The molecule has 0 aromatic carbocycles. The molecule has 0 bridgehead atoms. The number of rotatable bonds is 8. The molecule has 1 unspecified atom stereocenters. The van der Waals surface area contributed by atoms with Crippen molar-refractivity contribution >= 4 is 33.9 Å². The van der Waals surface area contributed by atoms with Gasteiger partial charge in [0.2, 0.25) is 5.91 Å². The van der Waals surface area contributed by atoms with Crippen LogP contribution in [0.5, 0.6) is 0 Å². The highest BCUT2D eigenvalue weighted by Crippen LogP contribution is 2.27. The van der Waals surface area contributed by atoms with E-state index in [1.54, 1.807) is 6.26 Å². The van der Waals surface area contributed by atoms with Crippen molar-refractivity contribution in [2.24, 2.45) is 11.1 Å². The fourth-order valence-corrected chi connectivity index (χ4v) is 2.61. The van der Waals surface area contributed by atoms with Gasteiger partial charge in [-0.1, -0.05) is 26.1 Å². The predicted octanol–water partition coefficient (Wildman–Crippen LogP) is 0.964. The first kappa shape index (κ1) is 16.5. The lowest BCUT2D eigenvalue weighted by Gasteiger charge is -2.28. The summed E-state index contributed by atoms with van der Waals surface area (Å²) in [5.74, 6) is 0.482. The Hall–Kier alpha value is -0.490. The van der Waals surface area contributed by atoms with Gasteiger partial charge in [-0.2, -0.15) is 0 Å². The van der Waals surface area contributed by atoms with Crippen LogP contribution in [-0.2, 0) is 15.6 Å². The summed E-state index contributed by atoms with van der Waals surface area (Å²) in [7, 11) is -0.816. The van der Waals surface area contributed by atoms with E-state index in [0.717, 1.165) is 0 Å². The number of amides is 1. The monoisotopic (exact) mass is 278 g/mol. The first-order chi connectivity index (χ1) is 7.90. The predicted molar refractivity (Wildman–Crippen MR) is 76.4 cm³/mol. The highest BCUT2D eigenvalue weighted by Gasteiger charge is 2.37. The Balaban J connectivity index is 4.35. The fraction of sp³-hybridized carbons (Fsp3) is 0.818. The number of carbonyl (C=O) groups excluding carboxylic acids is 1. The van der Waals surface area contributed by atoms with Gasteiger partial charge < -0.3 is 11.1 Å². The van der Waals surface area contributed by atoms with Gasteiger partial charge in [-0.15, -0.1) is 0 Å². The van der Waals surface area contributed by atoms with E-state index >= 15 is 0 Å². The zero-order chi connectivity index (χ0) is 13.5. The van der Waals surface area contributed by atoms with Crippen molar-refractivity contribution in [1.29, 1.82) is 0 Å². The van der Waals surface area contributed by atoms with Gasteiger partial charge in [0.1, 0.15) is 0 Å². The molecule has 0 saturated carbocycles. The molecule has 0 spiro atoms. The van der Waals surface area contributed by atoms with E-state index in [1.807, 2.05) is 13.8 Å². The first-order valence-corrected chi connectivity index (χ1v) is 7.92. The van der Waals surface area contributed by atoms with E-state index in [2.05, 4.69) is 5.32 Å². The largest absolute Gasteiger partial charge is 0.392 e. The fourth-order valence-electron chi connectivity index (χ4n) is 1.68. The molecular formula is C11H22N2O2S2. The van der Waals surface area contributed by atoms with Gasteiger partial charge in [-0.05, 0) is 19.3 Å². The molecular weight excluding hydrogens is 256 g/mol. The van der Waals surface area contributed by atoms with E-state index in [9.17, 15) is 9.00 Å². The summed E-state index contributed by atoms with van der Waals surface area (Å²) < 4.78 is 10.9. The van der Waals surface area contributed by atoms with Crippen LogP contribution in [0.2, 0.25) is 0 Å². The second-order valence-electron chi connectivity index (χ2n) is 4.04. The highest BCUT2D eigenvalue weighted by molar-refractivity contribution is 7.84. The first-order valence-electron chi connectivity index (χ1n) is 5.79. The molecule has 1 atom stereocenters. The molecule has 3 N–H and O–H groups in total. The van der Waals surface area contributed by atoms with Crippen LogP contribution in [-0.4, -0.2) is 33.7 Å². The number of hydrogen-bond acceptors (Lipinski definition) is 3. The second-order valence-corrected chi connectivity index (χ2v) is 6.03. The number of carbonyl (C=O) groups is 1. The lowest BCUT2D eigenvalue weighted by atomic mass is 9.81. The Bertz CT molecular complexity index is 302. The molecule has 0 aliphatic rings. The van der Waals surface area contributed by atoms with Crippen LogP contribution < -0.4 is 11.1 Å². The number of hydrogen-bond donors (Lipinski definition) is 2. The van der Waals surface area contributed by atoms with Gasteiger partial charge in [0.15, 0.2) is 0 Å². The third-order valence-electron chi connectivity index (χ3n) is 3.01. The average molecular weight is 278 g/mol. The molecule has 0 fully saturated rings. The summed E-state index contributed by atoms with van der Waals surface area (Å²) in [6.45, 7) is 4.33. The molecule has 0 aliphatic heterocycles. The molecule has 0 aromatic rings. The molecule has 4 nitrogen and oxygen atoms in total. The topological polar surface area (TPSA) is 72.2 Å². The van der Waals surface area contributed by atoms with Crippen molar-refractivity contribution in [2.75, 3.05) is 18.6 Å². The molecule has 1 amide bonds. The van der Waals surface area contributed by atoms with Gasteiger partial charge in [0.25, 0.3) is 0 Å². The van der Waals surface area contributed by atoms with Gasteiger partial charge in [0.05, 0.1) is 10.4 Å². The lowest BCUT2D eigenvalue weighted by Crippen LogP contribution is -2.48. The maximum atomic E-state index is 12.1. The maximum absolute atomic E-state index is 12.1. The minimum atomic E-state index is -0.816. The zero-order valence-corrected chi connectivity index (χ0v) is 12.4. The minimum absolute atomic E-state index is 0.114. The smallest absolute Gasteiger partial charge is 0.233 e. The molecule has 0 aromatic heterocycles. The van der Waals surface area contributed by atoms with Crippen LogP contribution in [0.4, 0.5) is 0 Å². The van der Waals surface area contributed by atoms with E-state index in [1.165, 1.54) is 0 Å². The van der Waals surface area contributed by atoms with Crippen LogP contribution in [0.15, 0.2) is 0 Å². The van der Waals surface area contributed by atoms with Crippen LogP contribution in [0.3, 0.4) is 0 Å². The summed E-state index contributed by atoms with van der Waals surface area (Å²) in [5, 5.41) is 2.82. The van der Waals surface area contributed by atoms with Crippen molar-refractivity contribution in [3.8, 4) is 0 Å². The number of nitrogens with one attached hydrogen (secondary N) is 1.